The molecule has 0 spiro atoms. The number of carbonyl (C=O) groups excluding carboxylic acids is 3. The van der Waals surface area contributed by atoms with Crippen LogP contribution in [0.3, 0.4) is 0 Å². The highest BCUT2D eigenvalue weighted by Gasteiger charge is 2.52. The molecule has 0 unspecified atom stereocenters. The maximum atomic E-state index is 13.9. The van der Waals surface area contributed by atoms with Gasteiger partial charge >= 0.3 is 0 Å². The SMILES string of the molecule is C[C@@H](/C=C/CC(=O)N1CCC[C@H]1CO)[C@]1(O)C(=O)N(Cc2cccc(NC(=O)c3ccc(N)cc3)c2)c2ccc(Cl)cc21. The van der Waals surface area contributed by atoms with E-state index in [0.717, 1.165) is 18.4 Å². The number of carbonyl (C=O) groups is 3. The lowest BCUT2D eigenvalue weighted by Gasteiger charge is -2.28. The standard InChI is InChI=1S/C33H35ClN4O5/c1-21(5-2-9-30(40)37-16-4-8-27(37)20-39)33(43)28-18-24(34)12-15-29(28)38(32(33)42)19-22-6-3-7-26(17-22)36-31(41)23-10-13-25(35)14-11-23/h2-3,5-7,10-15,17-18,21,27,39,43H,4,8-9,16,19-20,35H2,1H3,(H,36,41)/b5-2+/t21-,27-,33+/m0/s1. The van der Waals surface area contributed by atoms with Gasteiger partial charge in [-0.2, -0.15) is 0 Å². The Morgan fingerprint density at radius 1 is 1.16 bits per heavy atom. The van der Waals surface area contributed by atoms with Crippen molar-refractivity contribution >= 4 is 46.4 Å². The van der Waals surface area contributed by atoms with Crippen molar-refractivity contribution in [1.29, 1.82) is 0 Å². The van der Waals surface area contributed by atoms with Gasteiger partial charge < -0.3 is 31.1 Å². The van der Waals surface area contributed by atoms with E-state index in [9.17, 15) is 24.6 Å². The van der Waals surface area contributed by atoms with Crippen molar-refractivity contribution in [3.63, 3.8) is 0 Å². The Hall–Kier alpha value is -4.18. The Kier molecular flexibility index (Phi) is 8.87. The van der Waals surface area contributed by atoms with Crippen LogP contribution in [0.25, 0.3) is 0 Å². The fourth-order valence-electron chi connectivity index (χ4n) is 5.83. The van der Waals surface area contributed by atoms with Gasteiger partial charge in [0, 0.05) is 46.4 Å². The molecule has 3 atom stereocenters. The lowest BCUT2D eigenvalue weighted by atomic mass is 9.83. The second kappa shape index (κ2) is 12.6. The molecule has 0 bridgehead atoms. The highest BCUT2D eigenvalue weighted by molar-refractivity contribution is 6.31. The Balaban J connectivity index is 1.33. The van der Waals surface area contributed by atoms with E-state index in [1.807, 2.05) is 6.07 Å². The number of aliphatic hydroxyl groups excluding tert-OH is 1. The van der Waals surface area contributed by atoms with Gasteiger partial charge in [-0.25, -0.2) is 0 Å². The number of nitrogen functional groups attached to an aromatic ring is 1. The molecule has 2 heterocycles. The zero-order valence-electron chi connectivity index (χ0n) is 23.9. The highest BCUT2D eigenvalue weighted by atomic mass is 35.5. The Labute approximate surface area is 255 Å². The van der Waals surface area contributed by atoms with Crippen molar-refractivity contribution in [1.82, 2.24) is 4.90 Å². The molecule has 5 rings (SSSR count). The maximum Gasteiger partial charge on any atom is 0.264 e. The van der Waals surface area contributed by atoms with Crippen molar-refractivity contribution < 1.29 is 24.6 Å². The number of aliphatic hydroxyl groups is 2. The average molecular weight is 603 g/mol. The summed E-state index contributed by atoms with van der Waals surface area (Å²) in [5.41, 5.74) is 7.07. The summed E-state index contributed by atoms with van der Waals surface area (Å²) in [6, 6.07) is 18.6. The summed E-state index contributed by atoms with van der Waals surface area (Å²) in [5.74, 6) is -1.57. The third-order valence-electron chi connectivity index (χ3n) is 8.21. The van der Waals surface area contributed by atoms with Crippen LogP contribution in [-0.4, -0.2) is 52.0 Å². The fraction of sp³-hybridized carbons (Fsp3) is 0.303. The second-order valence-corrected chi connectivity index (χ2v) is 11.5. The number of nitrogens with two attached hydrogens (primary N) is 1. The first-order valence-corrected chi connectivity index (χ1v) is 14.7. The van der Waals surface area contributed by atoms with Gasteiger partial charge in [0.15, 0.2) is 5.60 Å². The first kappa shape index (κ1) is 30.3. The number of anilines is 3. The lowest BCUT2D eigenvalue weighted by Crippen LogP contribution is -2.44. The second-order valence-electron chi connectivity index (χ2n) is 11.1. The lowest BCUT2D eigenvalue weighted by molar-refractivity contribution is -0.139. The van der Waals surface area contributed by atoms with E-state index in [1.165, 1.54) is 4.90 Å². The number of nitrogens with one attached hydrogen (secondary N) is 1. The molecule has 3 aromatic carbocycles. The maximum absolute atomic E-state index is 13.9. The molecular formula is C33H35ClN4O5. The predicted molar refractivity (Wildman–Crippen MR) is 167 cm³/mol. The predicted octanol–water partition coefficient (Wildman–Crippen LogP) is 4.47. The monoisotopic (exact) mass is 602 g/mol. The van der Waals surface area contributed by atoms with Crippen molar-refractivity contribution in [2.75, 3.05) is 29.1 Å². The zero-order chi connectivity index (χ0) is 30.7. The van der Waals surface area contributed by atoms with Crippen LogP contribution in [0.4, 0.5) is 17.1 Å². The third-order valence-corrected chi connectivity index (χ3v) is 8.45. The topological polar surface area (TPSA) is 136 Å². The van der Waals surface area contributed by atoms with E-state index in [-0.39, 0.29) is 37.4 Å². The molecule has 3 aromatic rings. The normalized spacial score (nSPS) is 20.5. The van der Waals surface area contributed by atoms with Crippen molar-refractivity contribution in [3.8, 4) is 0 Å². The van der Waals surface area contributed by atoms with Crippen LogP contribution in [0, 0.1) is 5.92 Å². The smallest absolute Gasteiger partial charge is 0.264 e. The number of halogens is 1. The van der Waals surface area contributed by atoms with Crippen LogP contribution in [0.15, 0.2) is 78.9 Å². The molecule has 1 saturated heterocycles. The summed E-state index contributed by atoms with van der Waals surface area (Å²) in [4.78, 5) is 42.6. The molecule has 0 radical (unpaired) electrons. The van der Waals surface area contributed by atoms with E-state index in [4.69, 9.17) is 17.3 Å². The van der Waals surface area contributed by atoms with Gasteiger partial charge in [-0.3, -0.25) is 14.4 Å². The van der Waals surface area contributed by atoms with Gasteiger partial charge in [-0.15, -0.1) is 0 Å². The van der Waals surface area contributed by atoms with E-state index >= 15 is 0 Å². The van der Waals surface area contributed by atoms with Gasteiger partial charge in [0.2, 0.25) is 5.91 Å². The number of amides is 3. The van der Waals surface area contributed by atoms with Crippen LogP contribution in [0.2, 0.25) is 5.02 Å². The molecule has 5 N–H and O–H groups in total. The molecule has 224 valence electrons. The number of nitrogens with zero attached hydrogens (tertiary/aromatic N) is 2. The number of fused-ring (bicyclic) bond motifs is 1. The largest absolute Gasteiger partial charge is 0.399 e. The van der Waals surface area contributed by atoms with Gasteiger partial charge in [-0.05, 0) is 73.0 Å². The van der Waals surface area contributed by atoms with E-state index in [0.29, 0.717) is 39.8 Å². The molecule has 9 nitrogen and oxygen atoms in total. The zero-order valence-corrected chi connectivity index (χ0v) is 24.6. The molecule has 0 saturated carbocycles. The summed E-state index contributed by atoms with van der Waals surface area (Å²) in [5, 5.41) is 24.7. The fourth-order valence-corrected chi connectivity index (χ4v) is 6.00. The first-order chi connectivity index (χ1) is 20.6. The number of likely N-dealkylation sites (tertiary alicyclic amines) is 1. The van der Waals surface area contributed by atoms with Gasteiger partial charge in [-0.1, -0.05) is 42.8 Å². The third kappa shape index (κ3) is 6.15. The Morgan fingerprint density at radius 3 is 2.67 bits per heavy atom. The summed E-state index contributed by atoms with van der Waals surface area (Å²) in [7, 11) is 0. The summed E-state index contributed by atoms with van der Waals surface area (Å²) < 4.78 is 0. The van der Waals surface area contributed by atoms with Crippen molar-refractivity contribution in [2.45, 2.75) is 44.4 Å². The summed E-state index contributed by atoms with van der Waals surface area (Å²) in [6.45, 7) is 2.43. The van der Waals surface area contributed by atoms with Crippen LogP contribution in [-0.2, 0) is 21.7 Å². The minimum atomic E-state index is -1.90. The number of hydrogen-bond acceptors (Lipinski definition) is 6. The first-order valence-electron chi connectivity index (χ1n) is 14.3. The Morgan fingerprint density at radius 2 is 1.93 bits per heavy atom. The van der Waals surface area contributed by atoms with Crippen molar-refractivity contribution in [3.05, 3.63) is 101 Å². The minimum absolute atomic E-state index is 0.0641. The van der Waals surface area contributed by atoms with Crippen LogP contribution in [0.1, 0.15) is 47.7 Å². The quantitative estimate of drug-likeness (QED) is 0.211. The van der Waals surface area contributed by atoms with E-state index in [1.54, 1.807) is 84.6 Å². The number of hydrogen-bond donors (Lipinski definition) is 4. The van der Waals surface area contributed by atoms with Gasteiger partial charge in [0.25, 0.3) is 11.8 Å². The Bertz CT molecular complexity index is 1560. The molecule has 2 aliphatic rings. The number of rotatable bonds is 9. The highest BCUT2D eigenvalue weighted by Crippen LogP contribution is 2.46. The molecule has 0 aromatic heterocycles. The average Bonchev–Trinajstić information content (AvgIpc) is 3.56. The summed E-state index contributed by atoms with van der Waals surface area (Å²) in [6.07, 6.45) is 5.09. The minimum Gasteiger partial charge on any atom is -0.399 e. The van der Waals surface area contributed by atoms with E-state index in [2.05, 4.69) is 5.32 Å². The van der Waals surface area contributed by atoms with Gasteiger partial charge in [0.05, 0.1) is 24.9 Å². The van der Waals surface area contributed by atoms with Crippen LogP contribution in [0.5, 0.6) is 0 Å². The van der Waals surface area contributed by atoms with Crippen LogP contribution < -0.4 is 16.0 Å². The van der Waals surface area contributed by atoms with Crippen molar-refractivity contribution in [2.24, 2.45) is 5.92 Å². The van der Waals surface area contributed by atoms with E-state index < -0.39 is 17.4 Å². The molecule has 3 amide bonds. The summed E-state index contributed by atoms with van der Waals surface area (Å²) >= 11 is 6.31. The number of benzene rings is 3. The van der Waals surface area contributed by atoms with Gasteiger partial charge in [0.1, 0.15) is 0 Å². The molecule has 43 heavy (non-hydrogen) atoms. The van der Waals surface area contributed by atoms with Crippen LogP contribution >= 0.6 is 11.6 Å². The molecular weight excluding hydrogens is 568 g/mol. The molecule has 10 heteroatoms. The molecule has 2 aliphatic heterocycles. The molecule has 0 aliphatic carbocycles. The molecule has 1 fully saturated rings.